The standard InChI is InChI=1S/C7H13F2/c1-2-3-4-5-7(9)6-8/h2-6H2,1H3. The van der Waals surface area contributed by atoms with Crippen LogP contribution in [0.5, 0.6) is 0 Å². The highest BCUT2D eigenvalue weighted by molar-refractivity contribution is 4.73. The van der Waals surface area contributed by atoms with Crippen LogP contribution in [-0.4, -0.2) is 6.67 Å². The second-order valence-electron chi connectivity index (χ2n) is 2.11. The summed E-state index contributed by atoms with van der Waals surface area (Å²) in [7, 11) is 0. The summed E-state index contributed by atoms with van der Waals surface area (Å²) in [4.78, 5) is 0. The molecule has 0 aromatic carbocycles. The molecule has 0 aliphatic heterocycles. The fourth-order valence-electron chi connectivity index (χ4n) is 0.634. The number of halogens is 2. The molecule has 2 heteroatoms. The Bertz CT molecular complexity index is 54.9. The van der Waals surface area contributed by atoms with Gasteiger partial charge in [0.15, 0.2) is 6.17 Å². The van der Waals surface area contributed by atoms with Crippen LogP contribution < -0.4 is 0 Å². The molecule has 1 radical (unpaired) electrons. The lowest BCUT2D eigenvalue weighted by molar-refractivity contribution is 0.347. The second kappa shape index (κ2) is 5.99. The van der Waals surface area contributed by atoms with Crippen molar-refractivity contribution in [3.8, 4) is 0 Å². The molecule has 9 heavy (non-hydrogen) atoms. The predicted octanol–water partition coefficient (Wildman–Crippen LogP) is 3.04. The van der Waals surface area contributed by atoms with Crippen LogP contribution in [0.2, 0.25) is 0 Å². The molecule has 0 aromatic heterocycles. The molecule has 0 bridgehead atoms. The van der Waals surface area contributed by atoms with Crippen molar-refractivity contribution in [2.24, 2.45) is 0 Å². The van der Waals surface area contributed by atoms with E-state index in [0.717, 1.165) is 19.3 Å². The van der Waals surface area contributed by atoms with Gasteiger partial charge in [0, 0.05) is 0 Å². The molecular weight excluding hydrogens is 122 g/mol. The van der Waals surface area contributed by atoms with Crippen LogP contribution >= 0.6 is 0 Å². The molecule has 0 saturated heterocycles. The third kappa shape index (κ3) is 5.74. The molecule has 0 fully saturated rings. The van der Waals surface area contributed by atoms with Crippen LogP contribution in [0.4, 0.5) is 8.78 Å². The highest BCUT2D eigenvalue weighted by Crippen LogP contribution is 2.12. The van der Waals surface area contributed by atoms with Gasteiger partial charge in [-0.25, -0.2) is 8.78 Å². The number of rotatable bonds is 5. The van der Waals surface area contributed by atoms with E-state index in [0.29, 0.717) is 6.42 Å². The zero-order valence-corrected chi connectivity index (χ0v) is 5.79. The van der Waals surface area contributed by atoms with Gasteiger partial charge in [0.2, 0.25) is 0 Å². The van der Waals surface area contributed by atoms with E-state index in [1.807, 2.05) is 6.92 Å². The Labute approximate surface area is 55.3 Å². The average Bonchev–Trinajstić information content (AvgIpc) is 1.89. The van der Waals surface area contributed by atoms with Gasteiger partial charge in [-0.05, 0) is 6.42 Å². The second-order valence-corrected chi connectivity index (χ2v) is 2.11. The third-order valence-electron chi connectivity index (χ3n) is 1.20. The monoisotopic (exact) mass is 135 g/mol. The predicted molar refractivity (Wildman–Crippen MR) is 34.5 cm³/mol. The molecule has 0 aliphatic rings. The Morgan fingerprint density at radius 1 is 1.33 bits per heavy atom. The molecule has 0 unspecified atom stereocenters. The summed E-state index contributed by atoms with van der Waals surface area (Å²) in [6.45, 7) is 1.14. The minimum absolute atomic E-state index is 0.310. The number of hydrogen-bond donors (Lipinski definition) is 0. The number of alkyl halides is 1. The van der Waals surface area contributed by atoms with Gasteiger partial charge in [0.1, 0.15) is 6.67 Å². The lowest BCUT2D eigenvalue weighted by Gasteiger charge is -1.98. The first-order valence-electron chi connectivity index (χ1n) is 3.37. The molecule has 0 rings (SSSR count). The normalized spacial score (nSPS) is 10.7. The van der Waals surface area contributed by atoms with E-state index in [-0.39, 0.29) is 0 Å². The van der Waals surface area contributed by atoms with Gasteiger partial charge in [-0.3, -0.25) is 0 Å². The number of unbranched alkanes of at least 4 members (excludes halogenated alkanes) is 2. The summed E-state index contributed by atoms with van der Waals surface area (Å²) >= 11 is 0. The molecule has 0 saturated carbocycles. The van der Waals surface area contributed by atoms with Gasteiger partial charge in [0.25, 0.3) is 0 Å². The summed E-state index contributed by atoms with van der Waals surface area (Å²) in [6, 6.07) is 0. The summed E-state index contributed by atoms with van der Waals surface area (Å²) in [5.74, 6) is 0. The Balaban J connectivity index is 2.88. The van der Waals surface area contributed by atoms with Crippen molar-refractivity contribution in [3.05, 3.63) is 6.17 Å². The molecule has 55 valence electrons. The van der Waals surface area contributed by atoms with Crippen LogP contribution in [0.1, 0.15) is 32.6 Å². The SMILES string of the molecule is CCCCC[C](F)CF. The molecule has 0 N–H and O–H groups in total. The van der Waals surface area contributed by atoms with Crippen LogP contribution in [0, 0.1) is 6.17 Å². The Morgan fingerprint density at radius 2 is 2.00 bits per heavy atom. The maximum absolute atomic E-state index is 12.0. The topological polar surface area (TPSA) is 0 Å². The molecule has 0 aliphatic carbocycles. The summed E-state index contributed by atoms with van der Waals surface area (Å²) < 4.78 is 23.4. The molecule has 0 spiro atoms. The first-order chi connectivity index (χ1) is 4.31. The van der Waals surface area contributed by atoms with Gasteiger partial charge < -0.3 is 0 Å². The molecule has 0 atom stereocenters. The average molecular weight is 135 g/mol. The van der Waals surface area contributed by atoms with Gasteiger partial charge in [-0.1, -0.05) is 26.2 Å². The minimum atomic E-state index is -0.899. The highest BCUT2D eigenvalue weighted by atomic mass is 19.2. The van der Waals surface area contributed by atoms with Crippen molar-refractivity contribution >= 4 is 0 Å². The minimum Gasteiger partial charge on any atom is -0.247 e. The summed E-state index contributed by atoms with van der Waals surface area (Å²) in [6.07, 6.45) is 2.63. The van der Waals surface area contributed by atoms with Crippen molar-refractivity contribution in [2.75, 3.05) is 6.67 Å². The van der Waals surface area contributed by atoms with Gasteiger partial charge in [-0.15, -0.1) is 0 Å². The van der Waals surface area contributed by atoms with Crippen LogP contribution in [0.25, 0.3) is 0 Å². The lowest BCUT2D eigenvalue weighted by atomic mass is 10.1. The molecule has 0 nitrogen and oxygen atoms in total. The van der Waals surface area contributed by atoms with E-state index in [2.05, 4.69) is 0 Å². The third-order valence-corrected chi connectivity index (χ3v) is 1.20. The Hall–Kier alpha value is -0.140. The number of hydrogen-bond acceptors (Lipinski definition) is 0. The van der Waals surface area contributed by atoms with Gasteiger partial charge in [-0.2, -0.15) is 0 Å². The van der Waals surface area contributed by atoms with Crippen LogP contribution in [0.3, 0.4) is 0 Å². The molecular formula is C7H13F2. The van der Waals surface area contributed by atoms with E-state index >= 15 is 0 Å². The fourth-order valence-corrected chi connectivity index (χ4v) is 0.634. The Morgan fingerprint density at radius 3 is 2.44 bits per heavy atom. The van der Waals surface area contributed by atoms with E-state index in [1.165, 1.54) is 0 Å². The van der Waals surface area contributed by atoms with Crippen molar-refractivity contribution < 1.29 is 8.78 Å². The van der Waals surface area contributed by atoms with Crippen molar-refractivity contribution in [1.82, 2.24) is 0 Å². The van der Waals surface area contributed by atoms with Crippen LogP contribution in [0.15, 0.2) is 0 Å². The Kier molecular flexibility index (Phi) is 5.89. The summed E-state index contributed by atoms with van der Waals surface area (Å²) in [5, 5.41) is 0. The van der Waals surface area contributed by atoms with E-state index in [1.54, 1.807) is 0 Å². The van der Waals surface area contributed by atoms with E-state index < -0.39 is 12.8 Å². The largest absolute Gasteiger partial charge is 0.247 e. The first-order valence-corrected chi connectivity index (χ1v) is 3.37. The summed E-state index contributed by atoms with van der Waals surface area (Å²) in [5.41, 5.74) is 0. The van der Waals surface area contributed by atoms with Crippen molar-refractivity contribution in [1.29, 1.82) is 0 Å². The smallest absolute Gasteiger partial charge is 0.175 e. The van der Waals surface area contributed by atoms with E-state index in [9.17, 15) is 8.78 Å². The molecule has 0 heterocycles. The first kappa shape index (κ1) is 8.86. The van der Waals surface area contributed by atoms with Crippen molar-refractivity contribution in [2.45, 2.75) is 32.6 Å². The fraction of sp³-hybridized carbons (Fsp3) is 0.857. The molecule has 0 aromatic rings. The van der Waals surface area contributed by atoms with E-state index in [4.69, 9.17) is 0 Å². The van der Waals surface area contributed by atoms with Gasteiger partial charge >= 0.3 is 0 Å². The molecule has 0 amide bonds. The lowest BCUT2D eigenvalue weighted by Crippen LogP contribution is -1.90. The maximum Gasteiger partial charge on any atom is 0.175 e. The quantitative estimate of drug-likeness (QED) is 0.508. The van der Waals surface area contributed by atoms with Crippen molar-refractivity contribution in [3.63, 3.8) is 0 Å². The highest BCUT2D eigenvalue weighted by Gasteiger charge is 2.04. The maximum atomic E-state index is 12.0. The van der Waals surface area contributed by atoms with Crippen LogP contribution in [-0.2, 0) is 0 Å². The van der Waals surface area contributed by atoms with Gasteiger partial charge in [0.05, 0.1) is 0 Å². The zero-order valence-electron chi connectivity index (χ0n) is 5.79. The zero-order chi connectivity index (χ0) is 7.11.